The number of amides is 1. The summed E-state index contributed by atoms with van der Waals surface area (Å²) in [6.07, 6.45) is 3.78. The van der Waals surface area contributed by atoms with Gasteiger partial charge in [0.05, 0.1) is 0 Å². The fourth-order valence-corrected chi connectivity index (χ4v) is 4.17. The van der Waals surface area contributed by atoms with Crippen molar-refractivity contribution in [2.45, 2.75) is 64.8 Å². The number of ketones is 1. The summed E-state index contributed by atoms with van der Waals surface area (Å²) in [7, 11) is 0. The zero-order valence-corrected chi connectivity index (χ0v) is 17.9. The van der Waals surface area contributed by atoms with Crippen molar-refractivity contribution in [2.24, 2.45) is 5.41 Å². The molecule has 1 aliphatic heterocycles. The van der Waals surface area contributed by atoms with Gasteiger partial charge in [-0.3, -0.25) is 14.4 Å². The smallest absolute Gasteiger partial charge is 0.291 e. The Morgan fingerprint density at radius 2 is 2.00 bits per heavy atom. The first kappa shape index (κ1) is 22.0. The van der Waals surface area contributed by atoms with E-state index in [9.17, 15) is 14.4 Å². The summed E-state index contributed by atoms with van der Waals surface area (Å²) in [6.45, 7) is 5.85. The predicted octanol–water partition coefficient (Wildman–Crippen LogP) is 4.49. The Bertz CT molecular complexity index is 734. The lowest BCUT2D eigenvalue weighted by atomic mass is 9.83. The van der Waals surface area contributed by atoms with Crippen LogP contribution < -0.4 is 0 Å². The van der Waals surface area contributed by atoms with Crippen LogP contribution in [0, 0.1) is 5.41 Å². The van der Waals surface area contributed by atoms with Gasteiger partial charge in [-0.05, 0) is 56.2 Å². The second-order valence-electron chi connectivity index (χ2n) is 7.95. The van der Waals surface area contributed by atoms with E-state index < -0.39 is 22.6 Å². The number of likely N-dealkylation sites (tertiary alicyclic amines) is 1. The second kappa shape index (κ2) is 8.78. The molecule has 0 aromatic heterocycles. The number of thiol groups is 1. The van der Waals surface area contributed by atoms with Crippen LogP contribution >= 0.6 is 24.2 Å². The maximum Gasteiger partial charge on any atom is 0.291 e. The van der Waals surface area contributed by atoms with E-state index in [1.165, 1.54) is 4.90 Å². The fraction of sp³-hybridized carbons (Fsp3) is 0.571. The average molecular weight is 410 g/mol. The van der Waals surface area contributed by atoms with Crippen LogP contribution in [-0.2, 0) is 20.8 Å². The number of aryl methyl sites for hydroxylation is 1. The molecule has 4 nitrogen and oxygen atoms in total. The molecule has 0 N–H and O–H groups in total. The van der Waals surface area contributed by atoms with Crippen LogP contribution in [0.1, 0.15) is 58.4 Å². The van der Waals surface area contributed by atoms with E-state index >= 15 is 0 Å². The lowest BCUT2D eigenvalue weighted by Crippen LogP contribution is -2.55. The number of hydrogen-bond acceptors (Lipinski definition) is 3. The Kier molecular flexibility index (Phi) is 7.14. The largest absolute Gasteiger partial charge is 0.322 e. The molecular formula is C21H28ClNO3S. The monoisotopic (exact) mass is 409 g/mol. The molecule has 27 heavy (non-hydrogen) atoms. The van der Waals surface area contributed by atoms with Gasteiger partial charge in [-0.15, -0.1) is 12.6 Å². The van der Waals surface area contributed by atoms with Gasteiger partial charge in [0.2, 0.25) is 10.9 Å². The quantitative estimate of drug-likeness (QED) is 0.508. The molecule has 0 unspecified atom stereocenters. The van der Waals surface area contributed by atoms with Gasteiger partial charge in [0, 0.05) is 17.0 Å². The van der Waals surface area contributed by atoms with Gasteiger partial charge in [0.15, 0.2) is 0 Å². The topological polar surface area (TPSA) is 54.5 Å². The lowest BCUT2D eigenvalue weighted by molar-refractivity contribution is -0.153. The van der Waals surface area contributed by atoms with Gasteiger partial charge >= 0.3 is 0 Å². The van der Waals surface area contributed by atoms with Gasteiger partial charge in [0.25, 0.3) is 5.91 Å². The van der Waals surface area contributed by atoms with Crippen LogP contribution in [-0.4, -0.2) is 33.8 Å². The first-order chi connectivity index (χ1) is 12.6. The molecule has 0 bridgehead atoms. The molecule has 1 atom stereocenters. The van der Waals surface area contributed by atoms with E-state index in [1.807, 2.05) is 31.2 Å². The van der Waals surface area contributed by atoms with Crippen molar-refractivity contribution in [3.05, 3.63) is 34.9 Å². The molecule has 1 amide bonds. The van der Waals surface area contributed by atoms with Gasteiger partial charge in [-0.25, -0.2) is 0 Å². The van der Waals surface area contributed by atoms with Crippen molar-refractivity contribution in [3.63, 3.8) is 0 Å². The molecule has 1 fully saturated rings. The van der Waals surface area contributed by atoms with Gasteiger partial charge < -0.3 is 4.90 Å². The Labute approximate surface area is 172 Å². The molecule has 0 saturated carbocycles. The SMILES string of the molecule is CCC(C)(C)C(=O)C(=O)N1CCC[C@@]1(CCCc1cccc(Cl)c1)C(=O)S. The molecule has 0 aliphatic carbocycles. The maximum atomic E-state index is 12.9. The number of hydrogen-bond donors (Lipinski definition) is 1. The van der Waals surface area contributed by atoms with Crippen LogP contribution in [0.25, 0.3) is 0 Å². The zero-order chi connectivity index (χ0) is 20.2. The van der Waals surface area contributed by atoms with Crippen LogP contribution in [0.15, 0.2) is 24.3 Å². The number of benzene rings is 1. The molecule has 1 aromatic rings. The van der Waals surface area contributed by atoms with Gasteiger partial charge in [0.1, 0.15) is 5.54 Å². The maximum absolute atomic E-state index is 12.9. The number of nitrogens with zero attached hydrogens (tertiary/aromatic N) is 1. The van der Waals surface area contributed by atoms with Crippen LogP contribution in [0.2, 0.25) is 5.02 Å². The number of halogens is 1. The number of rotatable bonds is 8. The predicted molar refractivity (Wildman–Crippen MR) is 111 cm³/mol. The standard InChI is InChI=1S/C21H28ClNO3S/c1-4-20(2,3)17(24)18(25)23-13-7-12-21(23,19(26)27)11-6-9-15-8-5-10-16(22)14-15/h5,8,10,14H,4,6-7,9,11-13H2,1-3H3,(H,26,27)/t21-/m0/s1. The summed E-state index contributed by atoms with van der Waals surface area (Å²) in [4.78, 5) is 39.6. The van der Waals surface area contributed by atoms with E-state index in [2.05, 4.69) is 12.6 Å². The third-order valence-electron chi connectivity index (χ3n) is 5.77. The summed E-state index contributed by atoms with van der Waals surface area (Å²) in [5.74, 6) is -0.981. The van der Waals surface area contributed by atoms with Crippen molar-refractivity contribution < 1.29 is 14.4 Å². The lowest BCUT2D eigenvalue weighted by Gasteiger charge is -2.37. The third-order valence-corrected chi connectivity index (χ3v) is 6.42. The van der Waals surface area contributed by atoms with E-state index in [-0.39, 0.29) is 5.12 Å². The highest BCUT2D eigenvalue weighted by Crippen LogP contribution is 2.37. The molecule has 1 aliphatic rings. The van der Waals surface area contributed by atoms with Crippen LogP contribution in [0.4, 0.5) is 0 Å². The molecule has 0 radical (unpaired) electrons. The first-order valence-electron chi connectivity index (χ1n) is 9.48. The molecule has 1 saturated heterocycles. The van der Waals surface area contributed by atoms with Crippen molar-refractivity contribution in [2.75, 3.05) is 6.54 Å². The Morgan fingerprint density at radius 1 is 1.30 bits per heavy atom. The van der Waals surface area contributed by atoms with Crippen molar-refractivity contribution in [3.8, 4) is 0 Å². The van der Waals surface area contributed by atoms with Crippen molar-refractivity contribution in [1.82, 2.24) is 4.90 Å². The molecule has 148 valence electrons. The Morgan fingerprint density at radius 3 is 2.59 bits per heavy atom. The summed E-state index contributed by atoms with van der Waals surface area (Å²) >= 11 is 10.1. The van der Waals surface area contributed by atoms with Gasteiger partial charge in [-0.1, -0.05) is 44.5 Å². The van der Waals surface area contributed by atoms with Gasteiger partial charge in [-0.2, -0.15) is 0 Å². The zero-order valence-electron chi connectivity index (χ0n) is 16.3. The van der Waals surface area contributed by atoms with E-state index in [1.54, 1.807) is 13.8 Å². The summed E-state index contributed by atoms with van der Waals surface area (Å²) in [6, 6.07) is 7.61. The van der Waals surface area contributed by atoms with Crippen LogP contribution in [0.5, 0.6) is 0 Å². The highest BCUT2D eigenvalue weighted by atomic mass is 35.5. The Balaban J connectivity index is 2.16. The summed E-state index contributed by atoms with van der Waals surface area (Å²) in [5, 5.41) is 0.346. The number of carbonyl (C=O) groups is 3. The molecule has 1 aromatic carbocycles. The minimum atomic E-state index is -0.988. The van der Waals surface area contributed by atoms with E-state index in [0.717, 1.165) is 12.0 Å². The Hall–Kier alpha value is -1.33. The highest BCUT2D eigenvalue weighted by Gasteiger charge is 2.50. The second-order valence-corrected chi connectivity index (χ2v) is 8.79. The number of Topliss-reactive ketones (excluding diaryl/α,β-unsaturated/α-hetero) is 1. The van der Waals surface area contributed by atoms with Crippen molar-refractivity contribution in [1.29, 1.82) is 0 Å². The van der Waals surface area contributed by atoms with Crippen molar-refractivity contribution >= 4 is 41.0 Å². The third kappa shape index (κ3) is 4.75. The minimum Gasteiger partial charge on any atom is -0.322 e. The number of carbonyl (C=O) groups excluding carboxylic acids is 3. The minimum absolute atomic E-state index is 0.332. The first-order valence-corrected chi connectivity index (χ1v) is 10.3. The molecule has 2 rings (SSSR count). The summed E-state index contributed by atoms with van der Waals surface area (Å²) in [5.41, 5.74) is -0.632. The highest BCUT2D eigenvalue weighted by molar-refractivity contribution is 7.96. The molecule has 6 heteroatoms. The molecule has 1 heterocycles. The molecule has 0 spiro atoms. The molecular weight excluding hydrogens is 382 g/mol. The summed E-state index contributed by atoms with van der Waals surface area (Å²) < 4.78 is 0. The van der Waals surface area contributed by atoms with E-state index in [4.69, 9.17) is 11.6 Å². The normalized spacial score (nSPS) is 20.0. The van der Waals surface area contributed by atoms with E-state index in [0.29, 0.717) is 43.7 Å². The fourth-order valence-electron chi connectivity index (χ4n) is 3.61. The average Bonchev–Trinajstić information content (AvgIpc) is 3.05. The van der Waals surface area contributed by atoms with Crippen LogP contribution in [0.3, 0.4) is 0 Å².